The van der Waals surface area contributed by atoms with Crippen LogP contribution in [-0.2, 0) is 4.43 Å². The maximum atomic E-state index is 5.83. The van der Waals surface area contributed by atoms with Gasteiger partial charge >= 0.3 is 0 Å². The van der Waals surface area contributed by atoms with E-state index >= 15 is 0 Å². The van der Waals surface area contributed by atoms with Crippen molar-refractivity contribution in [1.29, 1.82) is 0 Å². The molecule has 0 heterocycles. The highest BCUT2D eigenvalue weighted by Crippen LogP contribution is 2.21. The van der Waals surface area contributed by atoms with E-state index in [4.69, 9.17) is 16.0 Å². The van der Waals surface area contributed by atoms with Gasteiger partial charge in [0.05, 0.1) is 0 Å². The van der Waals surface area contributed by atoms with E-state index in [0.717, 1.165) is 6.61 Å². The zero-order valence-electron chi connectivity index (χ0n) is 7.82. The fraction of sp³-hybridized carbons (Fsp3) is 1.00. The molecule has 0 rings (SSSR count). The molecule has 0 aliphatic heterocycles. The van der Waals surface area contributed by atoms with Gasteiger partial charge in [-0.15, -0.1) is 11.6 Å². The number of alkyl halides is 1. The van der Waals surface area contributed by atoms with Crippen LogP contribution in [0.2, 0.25) is 18.1 Å². The summed E-state index contributed by atoms with van der Waals surface area (Å²) in [6, 6.07) is 3.66. The normalized spacial score (nSPS) is 12.0. The van der Waals surface area contributed by atoms with Crippen molar-refractivity contribution in [3.05, 3.63) is 0 Å². The average Bonchev–Trinajstić information content (AvgIpc) is 2.08. The van der Waals surface area contributed by atoms with E-state index in [1.54, 1.807) is 0 Å². The molecule has 0 N–H and O–H groups in total. The molecule has 1 nitrogen and oxygen atoms in total. The highest BCUT2D eigenvalue weighted by atomic mass is 35.5. The Hall–Kier alpha value is 0.467. The Labute approximate surface area is 76.2 Å². The summed E-state index contributed by atoms with van der Waals surface area (Å²) in [4.78, 5) is 0. The summed E-state index contributed by atoms with van der Waals surface area (Å²) in [6.45, 7) is 7.43. The van der Waals surface area contributed by atoms with Crippen LogP contribution in [0.4, 0.5) is 0 Å². The van der Waals surface area contributed by atoms with Crippen LogP contribution in [0.15, 0.2) is 0 Å². The van der Waals surface area contributed by atoms with Crippen molar-refractivity contribution in [3.8, 4) is 0 Å². The molecule has 0 atom stereocenters. The molecule has 0 saturated carbocycles. The minimum absolute atomic E-state index is 0.634. The second kappa shape index (κ2) is 6.04. The monoisotopic (exact) mass is 194 g/mol. The molecule has 0 aromatic rings. The van der Waals surface area contributed by atoms with Crippen molar-refractivity contribution >= 4 is 19.9 Å². The van der Waals surface area contributed by atoms with Gasteiger partial charge in [-0.05, 0) is 18.1 Å². The molecule has 0 unspecified atom stereocenters. The quantitative estimate of drug-likeness (QED) is 0.466. The first kappa shape index (κ1) is 11.5. The molecule has 0 radical (unpaired) electrons. The summed E-state index contributed by atoms with van der Waals surface area (Å²) in [5, 5.41) is 0. The third kappa shape index (κ3) is 3.59. The summed E-state index contributed by atoms with van der Waals surface area (Å²) in [7, 11) is -1.32. The van der Waals surface area contributed by atoms with Crippen LogP contribution in [0, 0.1) is 0 Å². The van der Waals surface area contributed by atoms with Gasteiger partial charge in [-0.2, -0.15) is 0 Å². The molecule has 0 amide bonds. The smallest absolute Gasteiger partial charge is 0.192 e. The Morgan fingerprint density at radius 3 is 1.82 bits per heavy atom. The predicted octanol–water partition coefficient (Wildman–Crippen LogP) is 3.25. The van der Waals surface area contributed by atoms with Crippen LogP contribution in [0.3, 0.4) is 0 Å². The van der Waals surface area contributed by atoms with Crippen molar-refractivity contribution < 1.29 is 4.43 Å². The molecule has 68 valence electrons. The first-order valence-corrected chi connectivity index (χ1v) is 7.51. The van der Waals surface area contributed by atoms with Crippen molar-refractivity contribution in [2.45, 2.75) is 38.9 Å². The fourth-order valence-electron chi connectivity index (χ4n) is 1.31. The lowest BCUT2D eigenvalue weighted by Gasteiger charge is -2.27. The highest BCUT2D eigenvalue weighted by molar-refractivity contribution is 6.73. The summed E-state index contributed by atoms with van der Waals surface area (Å²) in [5.41, 5.74) is 0. The average molecular weight is 195 g/mol. The van der Waals surface area contributed by atoms with Crippen LogP contribution >= 0.6 is 11.6 Å². The lowest BCUT2D eigenvalue weighted by molar-refractivity contribution is 0.323. The van der Waals surface area contributed by atoms with Gasteiger partial charge in [0.2, 0.25) is 0 Å². The van der Waals surface area contributed by atoms with Crippen molar-refractivity contribution in [1.82, 2.24) is 0 Å². The first-order chi connectivity index (χ1) is 5.24. The van der Waals surface area contributed by atoms with E-state index in [1.807, 2.05) is 0 Å². The third-order valence-electron chi connectivity index (χ3n) is 2.42. The van der Waals surface area contributed by atoms with Crippen LogP contribution in [0.5, 0.6) is 0 Å². The Kier molecular flexibility index (Phi) is 6.29. The van der Waals surface area contributed by atoms with Gasteiger partial charge in [0, 0.05) is 12.5 Å². The Balaban J connectivity index is 3.84. The second-order valence-corrected chi connectivity index (χ2v) is 7.94. The fourth-order valence-corrected chi connectivity index (χ4v) is 4.17. The number of hydrogen-bond acceptors (Lipinski definition) is 1. The maximum absolute atomic E-state index is 5.83. The molecule has 3 heteroatoms. The van der Waals surface area contributed by atoms with E-state index in [0.29, 0.717) is 5.88 Å². The van der Waals surface area contributed by atoms with E-state index in [9.17, 15) is 0 Å². The molecular formula is C8H19ClOSi. The third-order valence-corrected chi connectivity index (χ3v) is 7.26. The molecule has 0 aromatic carbocycles. The van der Waals surface area contributed by atoms with Crippen molar-refractivity contribution in [3.63, 3.8) is 0 Å². The largest absolute Gasteiger partial charge is 0.416 e. The molecule has 0 bridgehead atoms. The Morgan fingerprint density at radius 1 is 1.09 bits per heavy atom. The topological polar surface area (TPSA) is 9.23 Å². The summed E-state index contributed by atoms with van der Waals surface area (Å²) < 4.78 is 5.83. The minimum atomic E-state index is -1.32. The van der Waals surface area contributed by atoms with Gasteiger partial charge < -0.3 is 4.43 Å². The molecular weight excluding hydrogens is 176 g/mol. The second-order valence-electron chi connectivity index (χ2n) is 2.78. The van der Waals surface area contributed by atoms with E-state index in [1.165, 1.54) is 18.1 Å². The van der Waals surface area contributed by atoms with Crippen molar-refractivity contribution in [2.24, 2.45) is 0 Å². The molecule has 0 aliphatic rings. The number of rotatable bonds is 6. The van der Waals surface area contributed by atoms with Gasteiger partial charge in [-0.3, -0.25) is 0 Å². The zero-order valence-corrected chi connectivity index (χ0v) is 9.58. The van der Waals surface area contributed by atoms with E-state index < -0.39 is 8.32 Å². The molecule has 0 saturated heterocycles. The van der Waals surface area contributed by atoms with Gasteiger partial charge in [-0.1, -0.05) is 20.8 Å². The minimum Gasteiger partial charge on any atom is -0.416 e. The Bertz CT molecular complexity index is 85.8. The molecule has 0 fully saturated rings. The first-order valence-electron chi connectivity index (χ1n) is 4.44. The van der Waals surface area contributed by atoms with Crippen molar-refractivity contribution in [2.75, 3.05) is 12.5 Å². The lowest BCUT2D eigenvalue weighted by Crippen LogP contribution is -2.36. The van der Waals surface area contributed by atoms with E-state index in [2.05, 4.69) is 20.8 Å². The molecule has 11 heavy (non-hydrogen) atoms. The Morgan fingerprint density at radius 2 is 1.55 bits per heavy atom. The maximum Gasteiger partial charge on any atom is 0.192 e. The van der Waals surface area contributed by atoms with Gasteiger partial charge in [0.1, 0.15) is 0 Å². The van der Waals surface area contributed by atoms with Crippen LogP contribution in [-0.4, -0.2) is 20.8 Å². The van der Waals surface area contributed by atoms with Gasteiger partial charge in [0.25, 0.3) is 0 Å². The number of hydrogen-bond donors (Lipinski definition) is 0. The van der Waals surface area contributed by atoms with Gasteiger partial charge in [0.15, 0.2) is 8.32 Å². The highest BCUT2D eigenvalue weighted by Gasteiger charge is 2.27. The molecule has 0 spiro atoms. The summed E-state index contributed by atoms with van der Waals surface area (Å²) in [6.07, 6.45) is 0. The summed E-state index contributed by atoms with van der Waals surface area (Å²) in [5.74, 6) is 0.634. The van der Waals surface area contributed by atoms with Gasteiger partial charge in [-0.25, -0.2) is 0 Å². The zero-order chi connectivity index (χ0) is 8.74. The lowest BCUT2D eigenvalue weighted by atomic mass is 10.9. The molecule has 0 aromatic heterocycles. The van der Waals surface area contributed by atoms with E-state index in [-0.39, 0.29) is 0 Å². The van der Waals surface area contributed by atoms with Crippen LogP contribution < -0.4 is 0 Å². The van der Waals surface area contributed by atoms with Crippen LogP contribution in [0.25, 0.3) is 0 Å². The predicted molar refractivity (Wildman–Crippen MR) is 53.9 cm³/mol. The van der Waals surface area contributed by atoms with Crippen LogP contribution in [0.1, 0.15) is 20.8 Å². The molecule has 0 aliphatic carbocycles. The number of halogens is 1. The SMILES string of the molecule is CC[Si](CC)(CC)OCCCl. The standard InChI is InChI=1S/C8H19ClOSi/c1-4-11(5-2,6-3)10-8-7-9/h4-8H2,1-3H3. The summed E-state index contributed by atoms with van der Waals surface area (Å²) >= 11 is 5.58.